The monoisotopic (exact) mass is 430 g/mol. The van der Waals surface area contributed by atoms with Gasteiger partial charge in [-0.2, -0.15) is 5.10 Å². The number of rotatable bonds is 7. The number of nitrogens with zero attached hydrogens (tertiary/aromatic N) is 2. The van der Waals surface area contributed by atoms with Crippen LogP contribution >= 0.6 is 11.3 Å². The van der Waals surface area contributed by atoms with E-state index in [0.717, 1.165) is 21.8 Å². The minimum absolute atomic E-state index is 0.237. The average molecular weight is 430 g/mol. The smallest absolute Gasteiger partial charge is 0.336 e. The Hall–Kier alpha value is -3.97. The Labute approximate surface area is 183 Å². The SMILES string of the molecule is COc1cc(C=O)ccc1OC(=O)/C=C\c1cn(-c2ccccc2)nc1-c1cccs1. The fraction of sp³-hybridized carbons (Fsp3) is 0.0417. The van der Waals surface area contributed by atoms with Crippen molar-refractivity contribution in [1.29, 1.82) is 0 Å². The Kier molecular flexibility index (Phi) is 6.05. The van der Waals surface area contributed by atoms with Crippen molar-refractivity contribution >= 4 is 29.7 Å². The molecule has 7 heteroatoms. The molecule has 0 aliphatic heterocycles. The summed E-state index contributed by atoms with van der Waals surface area (Å²) in [5.41, 5.74) is 2.91. The number of aldehydes is 1. The van der Waals surface area contributed by atoms with Crippen molar-refractivity contribution < 1.29 is 19.1 Å². The molecule has 2 aromatic heterocycles. The lowest BCUT2D eigenvalue weighted by Crippen LogP contribution is -2.05. The minimum Gasteiger partial charge on any atom is -0.493 e. The molecule has 0 aliphatic rings. The summed E-state index contributed by atoms with van der Waals surface area (Å²) in [7, 11) is 1.45. The van der Waals surface area contributed by atoms with Crippen LogP contribution < -0.4 is 9.47 Å². The van der Waals surface area contributed by atoms with Gasteiger partial charge < -0.3 is 9.47 Å². The first-order chi connectivity index (χ1) is 15.2. The lowest BCUT2D eigenvalue weighted by atomic mass is 10.2. The van der Waals surface area contributed by atoms with Crippen molar-refractivity contribution in [1.82, 2.24) is 9.78 Å². The van der Waals surface area contributed by atoms with Crippen LogP contribution in [-0.4, -0.2) is 29.1 Å². The van der Waals surface area contributed by atoms with Crippen molar-refractivity contribution in [2.24, 2.45) is 0 Å². The second kappa shape index (κ2) is 9.23. The summed E-state index contributed by atoms with van der Waals surface area (Å²) in [5, 5.41) is 6.68. The second-order valence-corrected chi connectivity index (χ2v) is 7.42. The molecule has 0 spiro atoms. The van der Waals surface area contributed by atoms with Crippen LogP contribution in [0.2, 0.25) is 0 Å². The normalized spacial score (nSPS) is 10.9. The summed E-state index contributed by atoms with van der Waals surface area (Å²) in [4.78, 5) is 24.3. The lowest BCUT2D eigenvalue weighted by Gasteiger charge is -2.08. The maximum absolute atomic E-state index is 12.4. The highest BCUT2D eigenvalue weighted by molar-refractivity contribution is 7.13. The molecule has 2 heterocycles. The predicted octanol–water partition coefficient (Wildman–Crippen LogP) is 5.04. The van der Waals surface area contributed by atoms with Gasteiger partial charge in [0.25, 0.3) is 0 Å². The maximum atomic E-state index is 12.4. The van der Waals surface area contributed by atoms with Gasteiger partial charge in [0.15, 0.2) is 11.5 Å². The molecule has 0 bridgehead atoms. The molecule has 4 aromatic rings. The van der Waals surface area contributed by atoms with Gasteiger partial charge in [-0.15, -0.1) is 11.3 Å². The van der Waals surface area contributed by atoms with E-state index in [1.54, 1.807) is 28.2 Å². The van der Waals surface area contributed by atoms with E-state index in [9.17, 15) is 9.59 Å². The molecule has 0 atom stereocenters. The van der Waals surface area contributed by atoms with Crippen LogP contribution in [0.3, 0.4) is 0 Å². The van der Waals surface area contributed by atoms with E-state index < -0.39 is 5.97 Å². The van der Waals surface area contributed by atoms with E-state index in [1.165, 1.54) is 25.3 Å². The topological polar surface area (TPSA) is 70.4 Å². The first kappa shape index (κ1) is 20.3. The summed E-state index contributed by atoms with van der Waals surface area (Å²) in [5.74, 6) is -0.0227. The fourth-order valence-corrected chi connectivity index (χ4v) is 3.70. The molecule has 31 heavy (non-hydrogen) atoms. The summed E-state index contributed by atoms with van der Waals surface area (Å²) in [6.07, 6.45) is 5.59. The van der Waals surface area contributed by atoms with E-state index in [4.69, 9.17) is 14.6 Å². The molecule has 0 fully saturated rings. The third-order valence-corrected chi connectivity index (χ3v) is 5.33. The third kappa shape index (κ3) is 4.62. The number of thiophene rings is 1. The molecular formula is C24H18N2O4S. The van der Waals surface area contributed by atoms with Gasteiger partial charge in [-0.05, 0) is 47.9 Å². The van der Waals surface area contributed by atoms with Crippen molar-refractivity contribution in [3.8, 4) is 27.8 Å². The zero-order valence-electron chi connectivity index (χ0n) is 16.6. The molecule has 154 valence electrons. The molecule has 2 aromatic carbocycles. The lowest BCUT2D eigenvalue weighted by molar-refractivity contribution is -0.129. The van der Waals surface area contributed by atoms with Crippen LogP contribution in [0.25, 0.3) is 22.3 Å². The predicted molar refractivity (Wildman–Crippen MR) is 120 cm³/mol. The van der Waals surface area contributed by atoms with Crippen LogP contribution in [0, 0.1) is 0 Å². The van der Waals surface area contributed by atoms with E-state index >= 15 is 0 Å². The largest absolute Gasteiger partial charge is 0.493 e. The Morgan fingerprint density at radius 3 is 2.61 bits per heavy atom. The molecule has 0 saturated heterocycles. The van der Waals surface area contributed by atoms with Gasteiger partial charge in [0, 0.05) is 23.4 Å². The van der Waals surface area contributed by atoms with E-state index in [0.29, 0.717) is 17.6 Å². The third-order valence-electron chi connectivity index (χ3n) is 4.45. The molecule has 0 aliphatic carbocycles. The molecule has 0 unspecified atom stereocenters. The Morgan fingerprint density at radius 2 is 1.90 bits per heavy atom. The quantitative estimate of drug-likeness (QED) is 0.178. The van der Waals surface area contributed by atoms with Crippen LogP contribution in [0.1, 0.15) is 15.9 Å². The number of ether oxygens (including phenoxy) is 2. The molecule has 0 N–H and O–H groups in total. The summed E-state index contributed by atoms with van der Waals surface area (Å²) < 4.78 is 12.4. The highest BCUT2D eigenvalue weighted by Crippen LogP contribution is 2.30. The number of carbonyl (C=O) groups is 2. The summed E-state index contributed by atoms with van der Waals surface area (Å²) in [6.45, 7) is 0. The molecule has 0 radical (unpaired) electrons. The number of carbonyl (C=O) groups excluding carboxylic acids is 2. The first-order valence-corrected chi connectivity index (χ1v) is 10.3. The molecular weight excluding hydrogens is 412 g/mol. The summed E-state index contributed by atoms with van der Waals surface area (Å²) in [6, 6.07) is 18.3. The Bertz CT molecular complexity index is 1230. The minimum atomic E-state index is -0.568. The summed E-state index contributed by atoms with van der Waals surface area (Å²) >= 11 is 1.57. The van der Waals surface area contributed by atoms with Gasteiger partial charge in [0.2, 0.25) is 0 Å². The number of methoxy groups -OCH3 is 1. The highest BCUT2D eigenvalue weighted by Gasteiger charge is 2.13. The fourth-order valence-electron chi connectivity index (χ4n) is 2.97. The van der Waals surface area contributed by atoms with Crippen molar-refractivity contribution in [2.45, 2.75) is 0 Å². The highest BCUT2D eigenvalue weighted by atomic mass is 32.1. The van der Waals surface area contributed by atoms with Gasteiger partial charge in [-0.25, -0.2) is 9.48 Å². The van der Waals surface area contributed by atoms with E-state index in [-0.39, 0.29) is 5.75 Å². The van der Waals surface area contributed by atoms with E-state index in [2.05, 4.69) is 0 Å². The van der Waals surface area contributed by atoms with Crippen molar-refractivity contribution in [3.63, 3.8) is 0 Å². The Morgan fingerprint density at radius 1 is 1.06 bits per heavy atom. The van der Waals surface area contributed by atoms with Crippen molar-refractivity contribution in [3.05, 3.63) is 89.4 Å². The van der Waals surface area contributed by atoms with Gasteiger partial charge in [-0.1, -0.05) is 24.3 Å². The second-order valence-electron chi connectivity index (χ2n) is 6.47. The number of esters is 1. The first-order valence-electron chi connectivity index (χ1n) is 9.40. The number of para-hydroxylation sites is 1. The van der Waals surface area contributed by atoms with Crippen LogP contribution in [-0.2, 0) is 4.79 Å². The van der Waals surface area contributed by atoms with Crippen LogP contribution in [0.4, 0.5) is 0 Å². The van der Waals surface area contributed by atoms with Gasteiger partial charge in [-0.3, -0.25) is 4.79 Å². The van der Waals surface area contributed by atoms with Gasteiger partial charge >= 0.3 is 5.97 Å². The molecule has 0 saturated carbocycles. The van der Waals surface area contributed by atoms with Gasteiger partial charge in [0.05, 0.1) is 17.7 Å². The number of benzene rings is 2. The zero-order chi connectivity index (χ0) is 21.6. The number of hydrogen-bond acceptors (Lipinski definition) is 6. The Balaban J connectivity index is 1.60. The number of aromatic nitrogens is 2. The van der Waals surface area contributed by atoms with E-state index in [1.807, 2.05) is 54.0 Å². The average Bonchev–Trinajstić information content (AvgIpc) is 3.48. The number of hydrogen-bond donors (Lipinski definition) is 0. The maximum Gasteiger partial charge on any atom is 0.336 e. The van der Waals surface area contributed by atoms with Crippen molar-refractivity contribution in [2.75, 3.05) is 7.11 Å². The standard InChI is InChI=1S/C24H18N2O4S/c1-29-21-14-17(16-27)9-11-20(21)30-23(28)12-10-18-15-26(19-6-3-2-4-7-19)25-24(18)22-8-5-13-31-22/h2-16H,1H3/b12-10-. The van der Waals surface area contributed by atoms with Crippen LogP contribution in [0.5, 0.6) is 11.5 Å². The molecule has 4 rings (SSSR count). The molecule has 6 nitrogen and oxygen atoms in total. The molecule has 0 amide bonds. The van der Waals surface area contributed by atoms with Gasteiger partial charge in [0.1, 0.15) is 12.0 Å². The van der Waals surface area contributed by atoms with Crippen LogP contribution in [0.15, 0.2) is 78.3 Å². The zero-order valence-corrected chi connectivity index (χ0v) is 17.4.